The Hall–Kier alpha value is -5.30. The SMILES string of the molecule is CCC(Oc1nc(Oc2cc(CNC(=O)CNC(=O)c3ccco3)cc(-c3cccc(CN)c3)c2)c(F)cc1F)C(=O)O. The van der Waals surface area contributed by atoms with Crippen LogP contribution in [0.5, 0.6) is 17.5 Å². The molecule has 5 N–H and O–H groups in total. The monoisotopic (exact) mass is 594 g/mol. The number of aliphatic carboxylic acids is 1. The molecule has 43 heavy (non-hydrogen) atoms. The molecule has 2 heterocycles. The molecule has 0 saturated heterocycles. The summed E-state index contributed by atoms with van der Waals surface area (Å²) in [6.07, 6.45) is -0.0583. The minimum absolute atomic E-state index is 0.000711. The van der Waals surface area contributed by atoms with Crippen LogP contribution >= 0.6 is 0 Å². The van der Waals surface area contributed by atoms with Crippen LogP contribution in [0.25, 0.3) is 11.1 Å². The molecular formula is C30H28F2N4O7. The Morgan fingerprint density at radius 1 is 0.977 bits per heavy atom. The summed E-state index contributed by atoms with van der Waals surface area (Å²) in [6, 6.07) is 15.7. The summed E-state index contributed by atoms with van der Waals surface area (Å²) in [6.45, 7) is 1.50. The van der Waals surface area contributed by atoms with Gasteiger partial charge in [-0.3, -0.25) is 9.59 Å². The number of hydrogen-bond acceptors (Lipinski definition) is 8. The largest absolute Gasteiger partial charge is 0.479 e. The van der Waals surface area contributed by atoms with Crippen molar-refractivity contribution in [3.63, 3.8) is 0 Å². The molecule has 2 aromatic heterocycles. The first-order valence-electron chi connectivity index (χ1n) is 13.1. The number of aromatic nitrogens is 1. The quantitative estimate of drug-likeness (QED) is 0.178. The third-order valence-electron chi connectivity index (χ3n) is 6.09. The fourth-order valence-electron chi connectivity index (χ4n) is 3.93. The molecule has 0 saturated carbocycles. The summed E-state index contributed by atoms with van der Waals surface area (Å²) in [4.78, 5) is 39.5. The highest BCUT2D eigenvalue weighted by molar-refractivity contribution is 5.94. The number of hydrogen-bond donors (Lipinski definition) is 4. The van der Waals surface area contributed by atoms with Crippen molar-refractivity contribution in [1.29, 1.82) is 0 Å². The number of carbonyl (C=O) groups is 3. The Kier molecular flexibility index (Phi) is 10.0. The first-order valence-corrected chi connectivity index (χ1v) is 13.1. The van der Waals surface area contributed by atoms with Gasteiger partial charge in [-0.25, -0.2) is 13.6 Å². The van der Waals surface area contributed by atoms with Crippen LogP contribution in [0.2, 0.25) is 0 Å². The zero-order valence-corrected chi connectivity index (χ0v) is 22.9. The second-order valence-corrected chi connectivity index (χ2v) is 9.22. The molecule has 2 amide bonds. The number of nitrogens with one attached hydrogen (secondary N) is 2. The standard InChI is InChI=1S/C30H28F2N4O7/c1-2-24(30(39)40)43-29-23(32)13-22(31)28(36-29)42-21-11-18(10-20(12-21)19-6-3-5-17(9-19)14-33)15-34-26(37)16-35-27(38)25-7-4-8-41-25/h3-13,24H,2,14-16,33H2,1H3,(H,34,37)(H,35,38)(H,39,40). The Morgan fingerprint density at radius 2 is 1.74 bits per heavy atom. The number of benzene rings is 2. The summed E-state index contributed by atoms with van der Waals surface area (Å²) >= 11 is 0. The van der Waals surface area contributed by atoms with E-state index in [-0.39, 0.29) is 31.0 Å². The summed E-state index contributed by atoms with van der Waals surface area (Å²) in [5, 5.41) is 14.4. The fraction of sp³-hybridized carbons (Fsp3) is 0.200. The van der Waals surface area contributed by atoms with Gasteiger partial charge in [0.05, 0.1) is 12.8 Å². The van der Waals surface area contributed by atoms with E-state index in [0.29, 0.717) is 23.7 Å². The number of rotatable bonds is 13. The van der Waals surface area contributed by atoms with Crippen LogP contribution in [0.1, 0.15) is 35.0 Å². The topological polar surface area (TPSA) is 166 Å². The van der Waals surface area contributed by atoms with Gasteiger partial charge < -0.3 is 35.4 Å². The maximum absolute atomic E-state index is 14.7. The van der Waals surface area contributed by atoms with E-state index in [4.69, 9.17) is 19.6 Å². The number of carbonyl (C=O) groups excluding carboxylic acids is 2. The predicted octanol–water partition coefficient (Wildman–Crippen LogP) is 4.16. The fourth-order valence-corrected chi connectivity index (χ4v) is 3.93. The molecule has 4 aromatic rings. The molecular weight excluding hydrogens is 566 g/mol. The first kappa shape index (κ1) is 30.7. The number of furan rings is 1. The average Bonchev–Trinajstić information content (AvgIpc) is 3.55. The molecule has 1 unspecified atom stereocenters. The van der Waals surface area contributed by atoms with Gasteiger partial charge in [-0.2, -0.15) is 4.98 Å². The maximum Gasteiger partial charge on any atom is 0.344 e. The molecule has 13 heteroatoms. The van der Waals surface area contributed by atoms with Gasteiger partial charge in [-0.15, -0.1) is 0 Å². The molecule has 224 valence electrons. The van der Waals surface area contributed by atoms with Crippen molar-refractivity contribution in [1.82, 2.24) is 15.6 Å². The highest BCUT2D eigenvalue weighted by Crippen LogP contribution is 2.32. The van der Waals surface area contributed by atoms with Crippen LogP contribution in [-0.2, 0) is 22.7 Å². The molecule has 0 radical (unpaired) electrons. The van der Waals surface area contributed by atoms with Gasteiger partial charge in [-0.05, 0) is 65.1 Å². The lowest BCUT2D eigenvalue weighted by Gasteiger charge is -2.15. The lowest BCUT2D eigenvalue weighted by atomic mass is 10.0. The van der Waals surface area contributed by atoms with E-state index in [1.165, 1.54) is 25.3 Å². The van der Waals surface area contributed by atoms with E-state index >= 15 is 0 Å². The maximum atomic E-state index is 14.7. The minimum atomic E-state index is -1.41. The second kappa shape index (κ2) is 14.0. The van der Waals surface area contributed by atoms with Crippen molar-refractivity contribution in [2.45, 2.75) is 32.5 Å². The number of amides is 2. The van der Waals surface area contributed by atoms with Crippen molar-refractivity contribution in [3.05, 3.63) is 95.4 Å². The van der Waals surface area contributed by atoms with Crippen molar-refractivity contribution in [2.24, 2.45) is 5.73 Å². The van der Waals surface area contributed by atoms with Gasteiger partial charge >= 0.3 is 5.97 Å². The Bertz CT molecular complexity index is 1610. The molecule has 0 aliphatic heterocycles. The van der Waals surface area contributed by atoms with Crippen molar-refractivity contribution in [3.8, 4) is 28.6 Å². The van der Waals surface area contributed by atoms with Crippen LogP contribution in [0.4, 0.5) is 8.78 Å². The number of pyridine rings is 1. The van der Waals surface area contributed by atoms with Gasteiger partial charge in [0.15, 0.2) is 23.5 Å². The van der Waals surface area contributed by atoms with Crippen molar-refractivity contribution >= 4 is 17.8 Å². The molecule has 2 aromatic carbocycles. The van der Waals surface area contributed by atoms with Gasteiger partial charge in [-0.1, -0.05) is 25.1 Å². The van der Waals surface area contributed by atoms with Gasteiger partial charge in [0, 0.05) is 19.2 Å². The Labute approximate surface area is 244 Å². The van der Waals surface area contributed by atoms with E-state index < -0.39 is 47.3 Å². The van der Waals surface area contributed by atoms with E-state index in [2.05, 4.69) is 15.6 Å². The average molecular weight is 595 g/mol. The number of nitrogens with zero attached hydrogens (tertiary/aromatic N) is 1. The van der Waals surface area contributed by atoms with Crippen LogP contribution in [-0.4, -0.2) is 40.5 Å². The van der Waals surface area contributed by atoms with Gasteiger partial charge in [0.1, 0.15) is 5.75 Å². The van der Waals surface area contributed by atoms with Crippen molar-refractivity contribution in [2.75, 3.05) is 6.54 Å². The number of halogens is 2. The lowest BCUT2D eigenvalue weighted by Crippen LogP contribution is -2.36. The van der Waals surface area contributed by atoms with Crippen LogP contribution in [0.3, 0.4) is 0 Å². The number of ether oxygens (including phenoxy) is 2. The zero-order chi connectivity index (χ0) is 30.9. The predicted molar refractivity (Wildman–Crippen MR) is 149 cm³/mol. The highest BCUT2D eigenvalue weighted by Gasteiger charge is 2.23. The molecule has 0 aliphatic carbocycles. The Morgan fingerprint density at radius 3 is 2.44 bits per heavy atom. The first-order chi connectivity index (χ1) is 20.7. The summed E-state index contributed by atoms with van der Waals surface area (Å²) in [5.74, 6) is -5.97. The normalized spacial score (nSPS) is 11.4. The number of carboxylic acids is 1. The van der Waals surface area contributed by atoms with E-state index in [1.807, 2.05) is 24.3 Å². The van der Waals surface area contributed by atoms with Crippen LogP contribution in [0.15, 0.2) is 71.3 Å². The third kappa shape index (κ3) is 8.14. The van der Waals surface area contributed by atoms with Crippen LogP contribution < -0.4 is 25.8 Å². The smallest absolute Gasteiger partial charge is 0.344 e. The molecule has 0 fully saturated rings. The van der Waals surface area contributed by atoms with Gasteiger partial charge in [0.2, 0.25) is 5.91 Å². The lowest BCUT2D eigenvalue weighted by molar-refractivity contribution is -0.145. The summed E-state index contributed by atoms with van der Waals surface area (Å²) in [5.41, 5.74) is 8.54. The van der Waals surface area contributed by atoms with E-state index in [1.54, 1.807) is 18.2 Å². The second-order valence-electron chi connectivity index (χ2n) is 9.22. The van der Waals surface area contributed by atoms with Crippen LogP contribution in [0, 0.1) is 11.6 Å². The summed E-state index contributed by atoms with van der Waals surface area (Å²) in [7, 11) is 0. The minimum Gasteiger partial charge on any atom is -0.479 e. The van der Waals surface area contributed by atoms with E-state index in [0.717, 1.165) is 11.1 Å². The number of nitrogens with two attached hydrogens (primary N) is 1. The number of carboxylic acid groups (broad SMARTS) is 1. The molecule has 0 spiro atoms. The van der Waals surface area contributed by atoms with E-state index in [9.17, 15) is 28.3 Å². The molecule has 0 bridgehead atoms. The molecule has 11 nitrogen and oxygen atoms in total. The molecule has 4 rings (SSSR count). The third-order valence-corrected chi connectivity index (χ3v) is 6.09. The molecule has 0 aliphatic rings. The Balaban J connectivity index is 1.58. The molecule has 1 atom stereocenters. The van der Waals surface area contributed by atoms with Crippen molar-refractivity contribution < 1.29 is 42.2 Å². The zero-order valence-electron chi connectivity index (χ0n) is 22.9. The summed E-state index contributed by atoms with van der Waals surface area (Å²) < 4.78 is 44.9. The highest BCUT2D eigenvalue weighted by atomic mass is 19.1. The van der Waals surface area contributed by atoms with Gasteiger partial charge in [0.25, 0.3) is 17.7 Å².